The van der Waals surface area contributed by atoms with Crippen LogP contribution >= 0.6 is 0 Å². The van der Waals surface area contributed by atoms with Crippen LogP contribution in [-0.2, 0) is 14.8 Å². The maximum atomic E-state index is 12.6. The molecule has 1 aliphatic carbocycles. The predicted octanol–water partition coefficient (Wildman–Crippen LogP) is 1.79. The van der Waals surface area contributed by atoms with Gasteiger partial charge in [-0.05, 0) is 38.8 Å². The normalized spacial score (nSPS) is 17.8. The van der Waals surface area contributed by atoms with Gasteiger partial charge in [-0.15, -0.1) is 0 Å². The minimum atomic E-state index is -3.43. The molecule has 0 spiro atoms. The Labute approximate surface area is 163 Å². The highest BCUT2D eigenvalue weighted by Gasteiger charge is 2.25. The number of hydrogen-bond donors (Lipinski definition) is 2. The van der Waals surface area contributed by atoms with E-state index in [1.807, 2.05) is 45.1 Å². The van der Waals surface area contributed by atoms with Gasteiger partial charge in [0.25, 0.3) is 5.91 Å². The van der Waals surface area contributed by atoms with Gasteiger partial charge in [-0.2, -0.15) is 4.31 Å². The number of amides is 1. The first-order valence-corrected chi connectivity index (χ1v) is 11.5. The fourth-order valence-corrected chi connectivity index (χ4v) is 5.15. The second-order valence-corrected chi connectivity index (χ2v) is 9.36. The molecule has 1 fully saturated rings. The SMILES string of the molecule is CCN(CC)S(=O)(=O)c1ccc([C@@H](C)[NH2+][C@H](C)C(=O)NC2CCCC2)cc1. The number of benzene rings is 1. The van der Waals surface area contributed by atoms with Gasteiger partial charge in [0.05, 0.1) is 4.90 Å². The van der Waals surface area contributed by atoms with Crippen molar-refractivity contribution in [2.24, 2.45) is 0 Å². The lowest BCUT2D eigenvalue weighted by atomic mass is 10.1. The van der Waals surface area contributed by atoms with E-state index in [0.717, 1.165) is 18.4 Å². The van der Waals surface area contributed by atoms with Crippen molar-refractivity contribution >= 4 is 15.9 Å². The Bertz CT molecular complexity index is 708. The summed E-state index contributed by atoms with van der Waals surface area (Å²) in [6.45, 7) is 8.54. The number of rotatable bonds is 9. The molecule has 1 saturated carbocycles. The summed E-state index contributed by atoms with van der Waals surface area (Å²) >= 11 is 0. The Morgan fingerprint density at radius 3 is 2.22 bits per heavy atom. The highest BCUT2D eigenvalue weighted by atomic mass is 32.2. The first-order chi connectivity index (χ1) is 12.8. The van der Waals surface area contributed by atoms with Crippen LogP contribution in [0.5, 0.6) is 0 Å². The summed E-state index contributed by atoms with van der Waals surface area (Å²) in [5.41, 5.74) is 1.01. The van der Waals surface area contributed by atoms with Gasteiger partial charge >= 0.3 is 0 Å². The summed E-state index contributed by atoms with van der Waals surface area (Å²) in [7, 11) is -3.43. The molecule has 0 aromatic heterocycles. The van der Waals surface area contributed by atoms with Crippen LogP contribution in [0.25, 0.3) is 0 Å². The molecule has 27 heavy (non-hydrogen) atoms. The Morgan fingerprint density at radius 2 is 1.70 bits per heavy atom. The van der Waals surface area contributed by atoms with Crippen molar-refractivity contribution in [3.63, 3.8) is 0 Å². The van der Waals surface area contributed by atoms with E-state index in [1.54, 1.807) is 12.1 Å². The topological polar surface area (TPSA) is 83.1 Å². The molecular formula is C20H34N3O3S+. The zero-order chi connectivity index (χ0) is 20.0. The quantitative estimate of drug-likeness (QED) is 0.667. The summed E-state index contributed by atoms with van der Waals surface area (Å²) in [6.07, 6.45) is 4.55. The van der Waals surface area contributed by atoms with Crippen molar-refractivity contribution in [3.8, 4) is 0 Å². The summed E-state index contributed by atoms with van der Waals surface area (Å²) in [6, 6.07) is 7.23. The molecule has 6 nitrogen and oxygen atoms in total. The lowest BCUT2D eigenvalue weighted by molar-refractivity contribution is -0.710. The van der Waals surface area contributed by atoms with E-state index in [2.05, 4.69) is 5.32 Å². The number of quaternary nitrogens is 1. The molecule has 1 aromatic rings. The Kier molecular flexibility index (Phi) is 7.82. The van der Waals surface area contributed by atoms with Gasteiger partial charge in [0, 0.05) is 24.7 Å². The number of carbonyl (C=O) groups excluding carboxylic acids is 1. The van der Waals surface area contributed by atoms with Crippen molar-refractivity contribution in [2.45, 2.75) is 76.4 Å². The van der Waals surface area contributed by atoms with E-state index in [4.69, 9.17) is 0 Å². The van der Waals surface area contributed by atoms with E-state index in [1.165, 1.54) is 17.1 Å². The third-order valence-electron chi connectivity index (χ3n) is 5.44. The lowest BCUT2D eigenvalue weighted by Crippen LogP contribution is -2.92. The molecule has 1 aliphatic rings. The molecule has 1 aromatic carbocycles. The second-order valence-electron chi connectivity index (χ2n) is 7.42. The van der Waals surface area contributed by atoms with E-state index < -0.39 is 10.0 Å². The zero-order valence-corrected chi connectivity index (χ0v) is 17.8. The molecule has 0 aliphatic heterocycles. The predicted molar refractivity (Wildman–Crippen MR) is 107 cm³/mol. The van der Waals surface area contributed by atoms with Crippen LogP contribution in [0, 0.1) is 0 Å². The van der Waals surface area contributed by atoms with Crippen molar-refractivity contribution in [1.82, 2.24) is 9.62 Å². The van der Waals surface area contributed by atoms with Crippen LogP contribution in [0.1, 0.15) is 65.0 Å². The summed E-state index contributed by atoms with van der Waals surface area (Å²) in [5, 5.41) is 5.16. The van der Waals surface area contributed by atoms with Crippen molar-refractivity contribution in [1.29, 1.82) is 0 Å². The fourth-order valence-electron chi connectivity index (χ4n) is 3.69. The Balaban J connectivity index is 1.98. The number of nitrogens with one attached hydrogen (secondary N) is 1. The highest BCUT2D eigenvalue weighted by Crippen LogP contribution is 2.19. The minimum absolute atomic E-state index is 0.0690. The van der Waals surface area contributed by atoms with Crippen LogP contribution in [-0.4, -0.2) is 43.8 Å². The van der Waals surface area contributed by atoms with Crippen molar-refractivity contribution in [2.75, 3.05) is 13.1 Å². The van der Waals surface area contributed by atoms with Gasteiger partial charge in [0.15, 0.2) is 6.04 Å². The lowest BCUT2D eigenvalue weighted by Gasteiger charge is -2.20. The minimum Gasteiger partial charge on any atom is -0.348 e. The molecule has 7 heteroatoms. The van der Waals surface area contributed by atoms with E-state index in [-0.39, 0.29) is 18.0 Å². The number of nitrogens with zero attached hydrogens (tertiary/aromatic N) is 1. The van der Waals surface area contributed by atoms with Gasteiger partial charge in [-0.3, -0.25) is 4.79 Å². The zero-order valence-electron chi connectivity index (χ0n) is 16.9. The largest absolute Gasteiger partial charge is 0.348 e. The first kappa shape index (κ1) is 21.9. The smallest absolute Gasteiger partial charge is 0.278 e. The van der Waals surface area contributed by atoms with Crippen LogP contribution in [0.2, 0.25) is 0 Å². The molecule has 2 rings (SSSR count). The molecule has 1 amide bonds. The van der Waals surface area contributed by atoms with Crippen molar-refractivity contribution in [3.05, 3.63) is 29.8 Å². The summed E-state index contributed by atoms with van der Waals surface area (Å²) in [5.74, 6) is 0.0782. The van der Waals surface area contributed by atoms with Crippen LogP contribution in [0.4, 0.5) is 0 Å². The first-order valence-electron chi connectivity index (χ1n) is 10.0. The van der Waals surface area contributed by atoms with Gasteiger partial charge in [-0.25, -0.2) is 8.42 Å². The van der Waals surface area contributed by atoms with E-state index in [0.29, 0.717) is 24.0 Å². The van der Waals surface area contributed by atoms with Gasteiger partial charge in [0.1, 0.15) is 6.04 Å². The van der Waals surface area contributed by atoms with Gasteiger partial charge < -0.3 is 10.6 Å². The molecule has 0 saturated heterocycles. The number of hydrogen-bond acceptors (Lipinski definition) is 3. The molecule has 0 unspecified atom stereocenters. The Hall–Kier alpha value is -1.44. The Morgan fingerprint density at radius 1 is 1.15 bits per heavy atom. The molecular weight excluding hydrogens is 362 g/mol. The summed E-state index contributed by atoms with van der Waals surface area (Å²) in [4.78, 5) is 12.7. The molecule has 152 valence electrons. The molecule has 2 atom stereocenters. The second kappa shape index (κ2) is 9.66. The van der Waals surface area contributed by atoms with E-state index in [9.17, 15) is 13.2 Å². The average Bonchev–Trinajstić information content (AvgIpc) is 3.15. The maximum absolute atomic E-state index is 12.6. The third-order valence-corrected chi connectivity index (χ3v) is 7.51. The molecule has 0 bridgehead atoms. The number of carbonyl (C=O) groups is 1. The average molecular weight is 397 g/mol. The monoisotopic (exact) mass is 396 g/mol. The molecule has 3 N–H and O–H groups in total. The van der Waals surface area contributed by atoms with Gasteiger partial charge in [0.2, 0.25) is 10.0 Å². The standard InChI is InChI=1S/C20H33N3O3S/c1-5-23(6-2)27(25,26)19-13-11-17(12-14-19)15(3)21-16(4)20(24)22-18-9-7-8-10-18/h11-16,18,21H,5-10H2,1-4H3,(H,22,24)/p+1/t15-,16-/m1/s1. The molecule has 0 radical (unpaired) electrons. The third kappa shape index (κ3) is 5.53. The highest BCUT2D eigenvalue weighted by molar-refractivity contribution is 7.89. The fraction of sp³-hybridized carbons (Fsp3) is 0.650. The molecule has 0 heterocycles. The van der Waals surface area contributed by atoms with Gasteiger partial charge in [-0.1, -0.05) is 38.8 Å². The number of nitrogens with two attached hydrogens (primary N) is 1. The van der Waals surface area contributed by atoms with E-state index >= 15 is 0 Å². The number of sulfonamides is 1. The maximum Gasteiger partial charge on any atom is 0.278 e. The van der Waals surface area contributed by atoms with Crippen LogP contribution in [0.15, 0.2) is 29.2 Å². The summed E-state index contributed by atoms with van der Waals surface area (Å²) < 4.78 is 26.6. The van der Waals surface area contributed by atoms with Crippen LogP contribution in [0.3, 0.4) is 0 Å². The van der Waals surface area contributed by atoms with Crippen molar-refractivity contribution < 1.29 is 18.5 Å². The van der Waals surface area contributed by atoms with Crippen LogP contribution < -0.4 is 10.6 Å².